The first kappa shape index (κ1) is 45.3. The lowest BCUT2D eigenvalue weighted by atomic mass is 9.98. The Kier molecular flexibility index (Phi) is 14.6. The fourth-order valence-corrected chi connectivity index (χ4v) is 8.27. The quantitative estimate of drug-likeness (QED) is 0.0304. The van der Waals surface area contributed by atoms with Crippen molar-refractivity contribution < 1.29 is 51.5 Å². The Bertz CT molecular complexity index is 2210. The fourth-order valence-electron chi connectivity index (χ4n) is 7.34. The van der Waals surface area contributed by atoms with E-state index in [0.717, 1.165) is 50.7 Å². The van der Waals surface area contributed by atoms with Gasteiger partial charge in [0.15, 0.2) is 0 Å². The van der Waals surface area contributed by atoms with E-state index in [1.165, 1.54) is 0 Å². The third kappa shape index (κ3) is 11.8. The molecule has 14 nitrogen and oxygen atoms in total. The number of carbonyl (C=O) groups excluding carboxylic acids is 4. The van der Waals surface area contributed by atoms with Crippen LogP contribution in [0.25, 0.3) is 22.0 Å². The minimum Gasteiger partial charge on any atom is -0.449 e. The summed E-state index contributed by atoms with van der Waals surface area (Å²) in [5, 5.41) is 6.99. The third-order valence-corrected chi connectivity index (χ3v) is 11.9. The largest absolute Gasteiger partial charge is 0.480 e. The number of fused-ring (bicyclic) bond motifs is 4. The van der Waals surface area contributed by atoms with Crippen LogP contribution in [0.2, 0.25) is 0 Å². The van der Waals surface area contributed by atoms with Gasteiger partial charge >= 0.3 is 25.9 Å². The Labute approximate surface area is 356 Å². The van der Waals surface area contributed by atoms with Gasteiger partial charge in [0.05, 0.1) is 29.4 Å². The molecular weight excluding hydrogens is 801 g/mol. The number of nitrogens with one attached hydrogen (secondary N) is 3. The van der Waals surface area contributed by atoms with Crippen LogP contribution in [0.4, 0.5) is 4.79 Å². The summed E-state index contributed by atoms with van der Waals surface area (Å²) in [6, 6.07) is 22.9. The van der Waals surface area contributed by atoms with Gasteiger partial charge in [-0.2, -0.15) is 0 Å². The van der Waals surface area contributed by atoms with Crippen LogP contribution < -0.4 is 10.6 Å². The molecule has 0 bridgehead atoms. The number of amides is 2. The van der Waals surface area contributed by atoms with Crippen molar-refractivity contribution in [2.75, 3.05) is 33.3 Å². The zero-order chi connectivity index (χ0) is 43.8. The second kappa shape index (κ2) is 19.6. The zero-order valence-electron chi connectivity index (χ0n) is 35.6. The maximum atomic E-state index is 14.0. The number of para-hydroxylation sites is 1. The number of aromatic nitrogens is 1. The minimum atomic E-state index is -4.63. The third-order valence-electron chi connectivity index (χ3n) is 10.6. The van der Waals surface area contributed by atoms with Gasteiger partial charge in [0.1, 0.15) is 6.61 Å². The van der Waals surface area contributed by atoms with Crippen molar-refractivity contribution in [1.29, 1.82) is 0 Å². The highest BCUT2D eigenvalue weighted by Gasteiger charge is 2.35. The molecule has 6 rings (SSSR count). The number of phosphoric ester groups is 1. The van der Waals surface area contributed by atoms with Crippen LogP contribution in [0.1, 0.15) is 83.4 Å². The van der Waals surface area contributed by atoms with Crippen LogP contribution in [-0.2, 0) is 53.2 Å². The summed E-state index contributed by atoms with van der Waals surface area (Å²) in [6.45, 7) is 8.22. The van der Waals surface area contributed by atoms with Crippen LogP contribution in [0.3, 0.4) is 0 Å². The molecule has 0 aliphatic heterocycles. The normalized spacial score (nSPS) is 16.5. The molecule has 1 heterocycles. The molecule has 61 heavy (non-hydrogen) atoms. The Morgan fingerprint density at radius 1 is 0.803 bits per heavy atom. The van der Waals surface area contributed by atoms with E-state index in [9.17, 15) is 23.7 Å². The first-order chi connectivity index (χ1) is 29.0. The van der Waals surface area contributed by atoms with E-state index < -0.39 is 68.8 Å². The number of carbonyl (C=O) groups is 4. The highest BCUT2D eigenvalue weighted by atomic mass is 31.2. The molecule has 15 heteroatoms. The fraction of sp³-hybridized carbons (Fsp3) is 0.435. The molecule has 1 aromatic heterocycles. The van der Waals surface area contributed by atoms with E-state index in [4.69, 9.17) is 27.8 Å². The van der Waals surface area contributed by atoms with Gasteiger partial charge in [0.2, 0.25) is 19.5 Å². The van der Waals surface area contributed by atoms with Crippen molar-refractivity contribution in [2.24, 2.45) is 16.7 Å². The molecule has 0 radical (unpaired) electrons. The van der Waals surface area contributed by atoms with Gasteiger partial charge in [-0.3, -0.25) is 18.9 Å². The molecule has 1 saturated carbocycles. The summed E-state index contributed by atoms with van der Waals surface area (Å²) in [5.74, 6) is -2.10. The van der Waals surface area contributed by atoms with Crippen LogP contribution in [0.5, 0.6) is 0 Å². The smallest absolute Gasteiger partial charge is 0.449 e. The maximum Gasteiger partial charge on any atom is 0.480 e. The Morgan fingerprint density at radius 3 is 2.02 bits per heavy atom. The molecule has 3 N–H and O–H groups in total. The number of H-pyrrole nitrogens is 1. The standard InChI is InChI=1S/C46H56N3O11P/c1-45(2,3)42(51)56-28-59-61(54,60-29-57-43(52)46(4,5)6)58-26-32(49-44(53)55-27-39-37-18-9-7-16-35(37)36-17-8-10-19-38(36)39)24-30-14-13-20-34(30)41(50)47-23-22-31-25-48-40-21-12-11-15-33(31)40/h7-12,15-19,21,24-25,32,34,39,48H,13-14,20,22-23,26-29H2,1-6H3,(H,47,50)(H,49,53)/b30-24-/t32-,34-/m1/s1. The second-order valence-electron chi connectivity index (χ2n) is 17.3. The number of aromatic amines is 1. The Hall–Kier alpha value is -5.27. The number of hydrogen-bond donors (Lipinski definition) is 3. The topological polar surface area (TPSA) is 181 Å². The average molecular weight is 858 g/mol. The zero-order valence-corrected chi connectivity index (χ0v) is 36.5. The number of ether oxygens (including phenoxy) is 3. The molecule has 0 saturated heterocycles. The highest BCUT2D eigenvalue weighted by molar-refractivity contribution is 7.48. The van der Waals surface area contributed by atoms with Crippen LogP contribution in [-0.4, -0.2) is 68.3 Å². The predicted molar refractivity (Wildman–Crippen MR) is 229 cm³/mol. The minimum absolute atomic E-state index is 0.0362. The highest BCUT2D eigenvalue weighted by Crippen LogP contribution is 2.50. The van der Waals surface area contributed by atoms with E-state index in [2.05, 4.69) is 15.6 Å². The summed E-state index contributed by atoms with van der Waals surface area (Å²) in [5.41, 5.74) is 5.34. The van der Waals surface area contributed by atoms with E-state index in [1.54, 1.807) is 47.6 Å². The molecule has 0 spiro atoms. The number of rotatable bonds is 17. The molecule has 4 aromatic rings. The molecule has 1 fully saturated rings. The van der Waals surface area contributed by atoms with E-state index in [-0.39, 0.29) is 18.4 Å². The lowest BCUT2D eigenvalue weighted by Crippen LogP contribution is -2.39. The number of esters is 2. The molecule has 2 amide bonds. The number of alkyl carbamates (subject to hydrolysis) is 1. The van der Waals surface area contributed by atoms with Crippen molar-refractivity contribution in [3.05, 3.63) is 107 Å². The lowest BCUT2D eigenvalue weighted by Gasteiger charge is -2.24. The molecule has 0 unspecified atom stereocenters. The molecule has 2 aliphatic carbocycles. The first-order valence-electron chi connectivity index (χ1n) is 20.6. The predicted octanol–water partition coefficient (Wildman–Crippen LogP) is 8.71. The van der Waals surface area contributed by atoms with Gasteiger partial charge in [-0.05, 0) is 101 Å². The Morgan fingerprint density at radius 2 is 1.39 bits per heavy atom. The van der Waals surface area contributed by atoms with Gasteiger partial charge in [0, 0.05) is 29.6 Å². The van der Waals surface area contributed by atoms with Gasteiger partial charge in [-0.1, -0.05) is 78.4 Å². The molecular formula is C46H56N3O11P. The van der Waals surface area contributed by atoms with Gasteiger partial charge < -0.3 is 29.8 Å². The van der Waals surface area contributed by atoms with Crippen LogP contribution in [0.15, 0.2) is 90.6 Å². The van der Waals surface area contributed by atoms with Gasteiger partial charge in [-0.15, -0.1) is 0 Å². The van der Waals surface area contributed by atoms with Crippen LogP contribution in [0, 0.1) is 16.7 Å². The van der Waals surface area contributed by atoms with Crippen LogP contribution >= 0.6 is 7.82 Å². The van der Waals surface area contributed by atoms with Gasteiger partial charge in [-0.25, -0.2) is 18.4 Å². The summed E-state index contributed by atoms with van der Waals surface area (Å²) < 4.78 is 46.7. The molecule has 326 valence electrons. The summed E-state index contributed by atoms with van der Waals surface area (Å²) in [6.07, 6.45) is 5.40. The Balaban J connectivity index is 1.17. The van der Waals surface area contributed by atoms with Crippen molar-refractivity contribution in [3.8, 4) is 11.1 Å². The number of benzene rings is 3. The maximum absolute atomic E-state index is 14.0. The van der Waals surface area contributed by atoms with Crippen molar-refractivity contribution in [3.63, 3.8) is 0 Å². The summed E-state index contributed by atoms with van der Waals surface area (Å²) in [7, 11) is -4.63. The number of phosphoric acid groups is 1. The van der Waals surface area contributed by atoms with Crippen molar-refractivity contribution in [2.45, 2.75) is 79.2 Å². The molecule has 2 aliphatic rings. The van der Waals surface area contributed by atoms with E-state index in [0.29, 0.717) is 25.8 Å². The van der Waals surface area contributed by atoms with Crippen molar-refractivity contribution >= 4 is 42.7 Å². The summed E-state index contributed by atoms with van der Waals surface area (Å²) in [4.78, 5) is 55.4. The molecule has 3 aromatic carbocycles. The molecule has 2 atom stereocenters. The monoisotopic (exact) mass is 857 g/mol. The van der Waals surface area contributed by atoms with Gasteiger partial charge in [0.25, 0.3) is 0 Å². The van der Waals surface area contributed by atoms with Crippen molar-refractivity contribution in [1.82, 2.24) is 15.6 Å². The SMILES string of the molecule is CC(C)(C)C(=O)OCOP(=O)(OCOC(=O)C(C)(C)C)OC[C@@H](/C=C1/CCC[C@H]1C(=O)NCCc1c[nH]c2ccccc12)NC(=O)OCC1c2ccccc2-c2ccccc21. The average Bonchev–Trinajstić information content (AvgIpc) is 3.94. The van der Waals surface area contributed by atoms with E-state index >= 15 is 0 Å². The number of hydrogen-bond acceptors (Lipinski definition) is 11. The summed E-state index contributed by atoms with van der Waals surface area (Å²) >= 11 is 0. The lowest BCUT2D eigenvalue weighted by molar-refractivity contribution is -0.163. The van der Waals surface area contributed by atoms with E-state index in [1.807, 2.05) is 79.0 Å². The second-order valence-corrected chi connectivity index (χ2v) is 18.9. The first-order valence-corrected chi connectivity index (χ1v) is 22.0.